The van der Waals surface area contributed by atoms with Crippen molar-refractivity contribution in [2.45, 2.75) is 37.5 Å². The van der Waals surface area contributed by atoms with Gasteiger partial charge in [-0.25, -0.2) is 0 Å². The summed E-state index contributed by atoms with van der Waals surface area (Å²) in [7, 11) is 0. The van der Waals surface area contributed by atoms with Crippen molar-refractivity contribution in [1.29, 1.82) is 0 Å². The SMILES string of the molecule is O=C(N1CCCCC1)C1(c2ccccc2Cl)CC1. The molecule has 1 saturated carbocycles. The van der Waals surface area contributed by atoms with Crippen molar-refractivity contribution in [2.24, 2.45) is 0 Å². The Morgan fingerprint density at radius 3 is 2.39 bits per heavy atom. The number of halogens is 1. The Balaban J connectivity index is 1.86. The summed E-state index contributed by atoms with van der Waals surface area (Å²) < 4.78 is 0. The molecule has 0 radical (unpaired) electrons. The second-order valence-electron chi connectivity index (χ2n) is 5.41. The van der Waals surface area contributed by atoms with Crippen LogP contribution in [0.5, 0.6) is 0 Å². The van der Waals surface area contributed by atoms with E-state index in [0.29, 0.717) is 5.91 Å². The molecule has 0 spiro atoms. The summed E-state index contributed by atoms with van der Waals surface area (Å²) in [6, 6.07) is 7.80. The summed E-state index contributed by atoms with van der Waals surface area (Å²) in [5.74, 6) is 0.301. The molecule has 0 atom stereocenters. The van der Waals surface area contributed by atoms with Gasteiger partial charge in [0.05, 0.1) is 5.41 Å². The van der Waals surface area contributed by atoms with Gasteiger partial charge in [-0.3, -0.25) is 4.79 Å². The first-order chi connectivity index (χ1) is 8.74. The van der Waals surface area contributed by atoms with Crippen molar-refractivity contribution in [1.82, 2.24) is 4.90 Å². The van der Waals surface area contributed by atoms with Crippen molar-refractivity contribution in [3.8, 4) is 0 Å². The minimum Gasteiger partial charge on any atom is -0.342 e. The van der Waals surface area contributed by atoms with Gasteiger partial charge in [-0.1, -0.05) is 29.8 Å². The van der Waals surface area contributed by atoms with Gasteiger partial charge in [0, 0.05) is 18.1 Å². The lowest BCUT2D eigenvalue weighted by Gasteiger charge is -2.31. The van der Waals surface area contributed by atoms with Crippen molar-refractivity contribution >= 4 is 17.5 Å². The largest absolute Gasteiger partial charge is 0.342 e. The molecular weight excluding hydrogens is 246 g/mol. The van der Waals surface area contributed by atoms with Crippen LogP contribution in [-0.2, 0) is 10.2 Å². The number of likely N-dealkylation sites (tertiary alicyclic amines) is 1. The number of carbonyl (C=O) groups excluding carboxylic acids is 1. The van der Waals surface area contributed by atoms with Crippen molar-refractivity contribution in [3.63, 3.8) is 0 Å². The number of carbonyl (C=O) groups is 1. The van der Waals surface area contributed by atoms with Gasteiger partial charge in [-0.05, 0) is 43.7 Å². The minimum absolute atomic E-state index is 0.296. The van der Waals surface area contributed by atoms with E-state index in [9.17, 15) is 4.79 Å². The summed E-state index contributed by atoms with van der Waals surface area (Å²) in [5, 5.41) is 0.736. The molecule has 2 aliphatic rings. The van der Waals surface area contributed by atoms with E-state index >= 15 is 0 Å². The van der Waals surface area contributed by atoms with Crippen LogP contribution in [0.25, 0.3) is 0 Å². The summed E-state index contributed by atoms with van der Waals surface area (Å²) in [6.45, 7) is 1.84. The molecule has 1 aromatic rings. The highest BCUT2D eigenvalue weighted by atomic mass is 35.5. The molecular formula is C15H18ClNO. The molecule has 96 valence electrons. The fourth-order valence-corrected chi connectivity index (χ4v) is 3.29. The average Bonchev–Trinajstić information content (AvgIpc) is 3.21. The van der Waals surface area contributed by atoms with Gasteiger partial charge in [-0.2, -0.15) is 0 Å². The van der Waals surface area contributed by atoms with Crippen LogP contribution in [0.3, 0.4) is 0 Å². The third-order valence-electron chi connectivity index (χ3n) is 4.19. The molecule has 0 bridgehead atoms. The maximum absolute atomic E-state index is 12.7. The zero-order valence-corrected chi connectivity index (χ0v) is 11.2. The van der Waals surface area contributed by atoms with Crippen molar-refractivity contribution < 1.29 is 4.79 Å². The Bertz CT molecular complexity index is 461. The van der Waals surface area contributed by atoms with Gasteiger partial charge in [0.15, 0.2) is 0 Å². The normalized spacial score (nSPS) is 21.7. The number of hydrogen-bond acceptors (Lipinski definition) is 1. The van der Waals surface area contributed by atoms with Crippen molar-refractivity contribution in [3.05, 3.63) is 34.9 Å². The number of piperidine rings is 1. The Morgan fingerprint density at radius 1 is 1.11 bits per heavy atom. The fraction of sp³-hybridized carbons (Fsp3) is 0.533. The van der Waals surface area contributed by atoms with Crippen LogP contribution in [0.15, 0.2) is 24.3 Å². The molecule has 0 N–H and O–H groups in total. The fourth-order valence-electron chi connectivity index (χ4n) is 2.97. The van der Waals surface area contributed by atoms with Crippen LogP contribution in [-0.4, -0.2) is 23.9 Å². The van der Waals surface area contributed by atoms with Gasteiger partial charge in [0.1, 0.15) is 0 Å². The van der Waals surface area contributed by atoms with Gasteiger partial charge < -0.3 is 4.90 Å². The molecule has 1 aromatic carbocycles. The highest BCUT2D eigenvalue weighted by Crippen LogP contribution is 2.51. The van der Waals surface area contributed by atoms with E-state index in [1.807, 2.05) is 29.2 Å². The number of hydrogen-bond donors (Lipinski definition) is 0. The van der Waals surface area contributed by atoms with Gasteiger partial charge in [0.25, 0.3) is 0 Å². The molecule has 1 heterocycles. The molecule has 1 saturated heterocycles. The maximum Gasteiger partial charge on any atom is 0.233 e. The van der Waals surface area contributed by atoms with Crippen LogP contribution >= 0.6 is 11.6 Å². The number of nitrogens with zero attached hydrogens (tertiary/aromatic N) is 1. The molecule has 2 fully saturated rings. The number of amides is 1. The zero-order valence-electron chi connectivity index (χ0n) is 10.5. The van der Waals surface area contributed by atoms with Gasteiger partial charge >= 0.3 is 0 Å². The Labute approximate surface area is 113 Å². The average molecular weight is 264 g/mol. The van der Waals surface area contributed by atoms with E-state index < -0.39 is 0 Å². The molecule has 2 nitrogen and oxygen atoms in total. The second-order valence-corrected chi connectivity index (χ2v) is 5.82. The Kier molecular flexibility index (Phi) is 3.06. The monoisotopic (exact) mass is 263 g/mol. The van der Waals surface area contributed by atoms with E-state index in [1.54, 1.807) is 0 Å². The zero-order chi connectivity index (χ0) is 12.6. The Hall–Kier alpha value is -1.02. The molecule has 1 aliphatic heterocycles. The van der Waals surface area contributed by atoms with Crippen LogP contribution in [0.4, 0.5) is 0 Å². The quantitative estimate of drug-likeness (QED) is 0.801. The molecule has 0 unspecified atom stereocenters. The minimum atomic E-state index is -0.296. The predicted molar refractivity (Wildman–Crippen MR) is 72.8 cm³/mol. The van der Waals surface area contributed by atoms with Crippen molar-refractivity contribution in [2.75, 3.05) is 13.1 Å². The van der Waals surface area contributed by atoms with E-state index in [0.717, 1.165) is 49.4 Å². The topological polar surface area (TPSA) is 20.3 Å². The first kappa shape index (κ1) is 12.0. The molecule has 0 aromatic heterocycles. The van der Waals surface area contributed by atoms with E-state index in [-0.39, 0.29) is 5.41 Å². The molecule has 3 heteroatoms. The van der Waals surface area contributed by atoms with Crippen LogP contribution in [0.1, 0.15) is 37.7 Å². The molecule has 3 rings (SSSR count). The van der Waals surface area contributed by atoms with Crippen LogP contribution in [0.2, 0.25) is 5.02 Å². The smallest absolute Gasteiger partial charge is 0.233 e. The molecule has 1 aliphatic carbocycles. The van der Waals surface area contributed by atoms with E-state index in [1.165, 1.54) is 6.42 Å². The first-order valence-corrected chi connectivity index (χ1v) is 7.16. The first-order valence-electron chi connectivity index (χ1n) is 6.78. The highest BCUT2D eigenvalue weighted by Gasteiger charge is 2.53. The highest BCUT2D eigenvalue weighted by molar-refractivity contribution is 6.31. The second kappa shape index (κ2) is 4.58. The summed E-state index contributed by atoms with van der Waals surface area (Å²) >= 11 is 6.26. The van der Waals surface area contributed by atoms with Crippen LogP contribution in [0, 0.1) is 0 Å². The summed E-state index contributed by atoms with van der Waals surface area (Å²) in [6.07, 6.45) is 5.44. The maximum atomic E-state index is 12.7. The van der Waals surface area contributed by atoms with Gasteiger partial charge in [-0.15, -0.1) is 0 Å². The summed E-state index contributed by atoms with van der Waals surface area (Å²) in [4.78, 5) is 14.7. The lowest BCUT2D eigenvalue weighted by Crippen LogP contribution is -2.42. The van der Waals surface area contributed by atoms with E-state index in [2.05, 4.69) is 0 Å². The lowest BCUT2D eigenvalue weighted by molar-refractivity contribution is -0.134. The lowest BCUT2D eigenvalue weighted by atomic mass is 9.93. The third kappa shape index (κ3) is 1.93. The standard InChI is InChI=1S/C15H18ClNO/c16-13-7-3-2-6-12(13)15(8-9-15)14(18)17-10-4-1-5-11-17/h2-3,6-7H,1,4-5,8-11H2. The summed E-state index contributed by atoms with van der Waals surface area (Å²) in [5.41, 5.74) is 0.734. The predicted octanol–water partition coefficient (Wildman–Crippen LogP) is 3.38. The number of rotatable bonds is 2. The Morgan fingerprint density at radius 2 is 1.78 bits per heavy atom. The third-order valence-corrected chi connectivity index (χ3v) is 4.52. The molecule has 18 heavy (non-hydrogen) atoms. The number of benzene rings is 1. The van der Waals surface area contributed by atoms with Crippen LogP contribution < -0.4 is 0 Å². The van der Waals surface area contributed by atoms with Gasteiger partial charge in [0.2, 0.25) is 5.91 Å². The van der Waals surface area contributed by atoms with E-state index in [4.69, 9.17) is 11.6 Å². The molecule has 1 amide bonds.